The topological polar surface area (TPSA) is 91.0 Å². The van der Waals surface area contributed by atoms with Gasteiger partial charge >= 0.3 is 11.9 Å². The van der Waals surface area contributed by atoms with E-state index in [9.17, 15) is 19.8 Å². The average Bonchev–Trinajstić information content (AvgIpc) is 3.68. The van der Waals surface area contributed by atoms with Crippen molar-refractivity contribution in [3.8, 4) is 5.75 Å². The maximum atomic E-state index is 11.5. The second-order valence-electron chi connectivity index (χ2n) is 13.1. The highest BCUT2D eigenvalue weighted by atomic mass is 32.2. The third-order valence-electron chi connectivity index (χ3n) is 9.57. The number of carboxylic acids is 2. The minimum atomic E-state index is -0.789. The number of methoxy groups -OCH3 is 1. The number of aromatic nitrogens is 1. The van der Waals surface area contributed by atoms with Crippen molar-refractivity contribution in [2.24, 2.45) is 0 Å². The van der Waals surface area contributed by atoms with Crippen molar-refractivity contribution >= 4 is 67.8 Å². The fourth-order valence-electron chi connectivity index (χ4n) is 7.10. The minimum Gasteiger partial charge on any atom is -0.497 e. The number of benzene rings is 4. The smallest absolute Gasteiger partial charge is 0.303 e. The van der Waals surface area contributed by atoms with E-state index in [-0.39, 0.29) is 12.8 Å². The molecular weight excluding hydrogens is 689 g/mol. The molecule has 5 aromatic rings. The molecule has 0 radical (unpaired) electrons. The molecule has 2 N–H and O–H groups in total. The SMILES string of the molecule is COc1ccc2c(c1)sc(C=CC=C1C=C(C=C3Sc4c(ccc5ccccc45)N3CCCC(=O)O)CC(c3ccccc3)C1)[n+]2CCCC(=O)O. The monoisotopic (exact) mass is 729 g/mol. The van der Waals surface area contributed by atoms with Gasteiger partial charge in [0.2, 0.25) is 5.52 Å². The number of thioether (sulfide) groups is 1. The summed E-state index contributed by atoms with van der Waals surface area (Å²) < 4.78 is 8.77. The Kier molecular flexibility index (Phi) is 10.9. The molecule has 1 aliphatic carbocycles. The van der Waals surface area contributed by atoms with Gasteiger partial charge in [0, 0.05) is 42.5 Å². The number of carbonyl (C=O) groups is 2. The molecule has 2 heterocycles. The van der Waals surface area contributed by atoms with Gasteiger partial charge in [-0.15, -0.1) is 0 Å². The van der Waals surface area contributed by atoms with E-state index in [1.165, 1.54) is 32.4 Å². The molecule has 0 saturated heterocycles. The number of hydrogen-bond donors (Lipinski definition) is 2. The highest BCUT2D eigenvalue weighted by Gasteiger charge is 2.28. The summed E-state index contributed by atoms with van der Waals surface area (Å²) in [4.78, 5) is 26.3. The van der Waals surface area contributed by atoms with E-state index in [1.54, 1.807) is 30.2 Å². The maximum Gasteiger partial charge on any atom is 0.303 e. The highest BCUT2D eigenvalue weighted by molar-refractivity contribution is 8.04. The van der Waals surface area contributed by atoms with Gasteiger partial charge in [-0.25, -0.2) is 0 Å². The van der Waals surface area contributed by atoms with Crippen LogP contribution in [0.3, 0.4) is 0 Å². The van der Waals surface area contributed by atoms with E-state index in [1.807, 2.05) is 18.2 Å². The second kappa shape index (κ2) is 16.0. The number of fused-ring (bicyclic) bond motifs is 4. The summed E-state index contributed by atoms with van der Waals surface area (Å²) in [5.41, 5.74) is 5.97. The van der Waals surface area contributed by atoms with Gasteiger partial charge in [-0.3, -0.25) is 9.59 Å². The van der Waals surface area contributed by atoms with Crippen molar-refractivity contribution in [2.45, 2.75) is 55.9 Å². The molecule has 1 atom stereocenters. The Morgan fingerprint density at radius 2 is 1.73 bits per heavy atom. The molecule has 1 unspecified atom stereocenters. The summed E-state index contributed by atoms with van der Waals surface area (Å²) in [6, 6.07) is 29.5. The third-order valence-corrected chi connectivity index (χ3v) is 11.9. The second-order valence-corrected chi connectivity index (χ2v) is 15.2. The lowest BCUT2D eigenvalue weighted by molar-refractivity contribution is -0.669. The highest BCUT2D eigenvalue weighted by Crippen LogP contribution is 2.50. The quantitative estimate of drug-likeness (QED) is 0.117. The predicted molar refractivity (Wildman–Crippen MR) is 211 cm³/mol. The van der Waals surface area contributed by atoms with Gasteiger partial charge < -0.3 is 19.8 Å². The number of rotatable bonds is 13. The minimum absolute atomic E-state index is 0.119. The van der Waals surface area contributed by atoms with E-state index in [2.05, 4.69) is 107 Å². The van der Waals surface area contributed by atoms with Crippen LogP contribution >= 0.6 is 23.1 Å². The Morgan fingerprint density at radius 1 is 0.942 bits per heavy atom. The van der Waals surface area contributed by atoms with Crippen molar-refractivity contribution in [1.29, 1.82) is 0 Å². The molecule has 0 saturated carbocycles. The Hall–Kier alpha value is -5.12. The fourth-order valence-corrected chi connectivity index (χ4v) is 9.53. The van der Waals surface area contributed by atoms with Crippen molar-refractivity contribution in [3.63, 3.8) is 0 Å². The van der Waals surface area contributed by atoms with E-state index in [0.29, 0.717) is 31.8 Å². The molecule has 2 aliphatic rings. The van der Waals surface area contributed by atoms with Crippen LogP contribution in [0, 0.1) is 0 Å². The van der Waals surface area contributed by atoms with E-state index in [0.717, 1.165) is 44.5 Å². The number of anilines is 1. The molecule has 52 heavy (non-hydrogen) atoms. The van der Waals surface area contributed by atoms with E-state index >= 15 is 0 Å². The van der Waals surface area contributed by atoms with Crippen LogP contribution in [0.4, 0.5) is 5.69 Å². The maximum absolute atomic E-state index is 11.5. The van der Waals surface area contributed by atoms with Crippen molar-refractivity contribution < 1.29 is 29.1 Å². The molecule has 264 valence electrons. The molecule has 9 heteroatoms. The van der Waals surface area contributed by atoms with Crippen LogP contribution in [0.5, 0.6) is 5.75 Å². The van der Waals surface area contributed by atoms with Crippen molar-refractivity contribution in [1.82, 2.24) is 0 Å². The lowest BCUT2D eigenvalue weighted by atomic mass is 9.81. The van der Waals surface area contributed by atoms with Crippen LogP contribution < -0.4 is 14.2 Å². The summed E-state index contributed by atoms with van der Waals surface area (Å²) >= 11 is 3.44. The average molecular weight is 730 g/mol. The molecule has 0 amide bonds. The Bertz CT molecular complexity index is 2250. The van der Waals surface area contributed by atoms with Crippen LogP contribution in [0.25, 0.3) is 27.1 Å². The number of nitrogens with zero attached hydrogens (tertiary/aromatic N) is 2. The first-order valence-electron chi connectivity index (χ1n) is 17.6. The summed E-state index contributed by atoms with van der Waals surface area (Å²) in [5, 5.41) is 23.3. The summed E-state index contributed by atoms with van der Waals surface area (Å²) in [6.45, 7) is 1.24. The zero-order chi connectivity index (χ0) is 36.0. The van der Waals surface area contributed by atoms with Gasteiger partial charge in [0.15, 0.2) is 6.54 Å². The Morgan fingerprint density at radius 3 is 2.54 bits per heavy atom. The number of allylic oxidation sites excluding steroid dienone is 6. The largest absolute Gasteiger partial charge is 0.497 e. The van der Waals surface area contributed by atoms with Crippen LogP contribution in [-0.4, -0.2) is 35.8 Å². The summed E-state index contributed by atoms with van der Waals surface area (Å²) in [6.07, 6.45) is 14.2. The van der Waals surface area contributed by atoms with Crippen LogP contribution in [-0.2, 0) is 16.1 Å². The van der Waals surface area contributed by atoms with E-state index in [4.69, 9.17) is 4.74 Å². The molecule has 7 nitrogen and oxygen atoms in total. The molecule has 0 bridgehead atoms. The number of ether oxygens (including phenoxy) is 1. The lowest BCUT2D eigenvalue weighted by Gasteiger charge is -2.25. The molecule has 0 spiro atoms. The molecule has 0 fully saturated rings. The van der Waals surface area contributed by atoms with Gasteiger partial charge in [0.25, 0.3) is 5.01 Å². The number of hydrogen-bond acceptors (Lipinski definition) is 6. The number of thiazole rings is 1. The van der Waals surface area contributed by atoms with E-state index < -0.39 is 11.9 Å². The van der Waals surface area contributed by atoms with Crippen LogP contribution in [0.2, 0.25) is 0 Å². The fraction of sp³-hybridized carbons (Fsp3) is 0.233. The number of aryl methyl sites for hydroxylation is 1. The van der Waals surface area contributed by atoms with Gasteiger partial charge in [-0.1, -0.05) is 102 Å². The molecule has 1 aromatic heterocycles. The van der Waals surface area contributed by atoms with Crippen molar-refractivity contribution in [3.05, 3.63) is 136 Å². The summed E-state index contributed by atoms with van der Waals surface area (Å²) in [7, 11) is 1.66. The number of aliphatic carboxylic acids is 2. The normalized spacial score (nSPS) is 17.4. The number of carboxylic acid groups (broad SMARTS) is 2. The predicted octanol–water partition coefficient (Wildman–Crippen LogP) is 9.98. The van der Waals surface area contributed by atoms with Crippen LogP contribution in [0.15, 0.2) is 130 Å². The summed E-state index contributed by atoms with van der Waals surface area (Å²) in [5.74, 6) is -0.462. The van der Waals surface area contributed by atoms with Gasteiger partial charge in [-0.2, -0.15) is 4.57 Å². The first kappa shape index (κ1) is 35.3. The standard InChI is InChI=1S/C43H40N2O5S2/c1-50-34-19-21-36-38(28-34)51-39(44(36)22-8-16-41(46)47)15-7-10-29-24-30(26-33(25-29)31-11-3-2-4-12-31)27-40-45(23-9-17-42(48)49)37-20-18-32-13-5-6-14-35(32)43(37)52-40/h2-7,10-15,18-21,24,27-28,33H,8-9,16-17,22-23,25-26H2,1H3,(H-,46,47,48,49)/p+1. The van der Waals surface area contributed by atoms with Gasteiger partial charge in [0.05, 0.1) is 24.2 Å². The molecule has 7 rings (SSSR count). The van der Waals surface area contributed by atoms with Crippen LogP contribution in [0.1, 0.15) is 55.0 Å². The Balaban J connectivity index is 1.23. The zero-order valence-electron chi connectivity index (χ0n) is 29.0. The zero-order valence-corrected chi connectivity index (χ0v) is 30.7. The first-order chi connectivity index (χ1) is 25.4. The van der Waals surface area contributed by atoms with Gasteiger partial charge in [0.1, 0.15) is 10.4 Å². The third kappa shape index (κ3) is 8.01. The first-order valence-corrected chi connectivity index (χ1v) is 19.2. The molecule has 1 aliphatic heterocycles. The van der Waals surface area contributed by atoms with Crippen molar-refractivity contribution in [2.75, 3.05) is 18.6 Å². The lowest BCUT2D eigenvalue weighted by Crippen LogP contribution is -2.35. The Labute approximate surface area is 311 Å². The molecular formula is C43H41N2O5S2+. The molecule has 4 aromatic carbocycles. The van der Waals surface area contributed by atoms with Gasteiger partial charge in [-0.05, 0) is 70.9 Å².